The molecule has 1 saturated carbocycles. The van der Waals surface area contributed by atoms with Gasteiger partial charge in [0.15, 0.2) is 0 Å². The second-order valence-corrected chi connectivity index (χ2v) is 5.92. The second kappa shape index (κ2) is 5.61. The lowest BCUT2D eigenvalue weighted by Crippen LogP contribution is -2.38. The highest BCUT2D eigenvalue weighted by Gasteiger charge is 2.42. The maximum atomic E-state index is 12.5. The molecule has 2 heterocycles. The van der Waals surface area contributed by atoms with Gasteiger partial charge in [-0.25, -0.2) is 0 Å². The van der Waals surface area contributed by atoms with E-state index >= 15 is 0 Å². The number of methoxy groups -OCH3 is 1. The molecule has 0 unspecified atom stereocenters. The molecule has 114 valence electrons. The van der Waals surface area contributed by atoms with Crippen LogP contribution in [0.2, 0.25) is 0 Å². The summed E-state index contributed by atoms with van der Waals surface area (Å²) in [5, 5.41) is 19.5. The molecule has 2 aliphatic rings. The standard InChI is InChI=1S/C15H20N2O4/c1-21-11-2-3-16-12(6-11)15(20)17-7-9-4-13(18)14(19)5-10(9)8-17/h2-3,6,9-10,13-14,18-19H,4-5,7-8H2,1H3/t9-,10+,13-,14-/m0/s1. The maximum absolute atomic E-state index is 12.5. The zero-order valence-corrected chi connectivity index (χ0v) is 12.0. The molecule has 0 bridgehead atoms. The van der Waals surface area contributed by atoms with Gasteiger partial charge in [0.2, 0.25) is 0 Å². The van der Waals surface area contributed by atoms with Crippen LogP contribution in [0.4, 0.5) is 0 Å². The summed E-state index contributed by atoms with van der Waals surface area (Å²) in [5.74, 6) is 1.01. The van der Waals surface area contributed by atoms with Crippen molar-refractivity contribution < 1.29 is 19.7 Å². The predicted molar refractivity (Wildman–Crippen MR) is 74.9 cm³/mol. The van der Waals surface area contributed by atoms with Gasteiger partial charge in [0, 0.05) is 25.4 Å². The van der Waals surface area contributed by atoms with Gasteiger partial charge in [0.05, 0.1) is 19.3 Å². The minimum Gasteiger partial charge on any atom is -0.497 e. The van der Waals surface area contributed by atoms with E-state index in [0.29, 0.717) is 37.4 Å². The summed E-state index contributed by atoms with van der Waals surface area (Å²) in [7, 11) is 1.55. The number of fused-ring (bicyclic) bond motifs is 1. The Kier molecular flexibility index (Phi) is 3.82. The molecule has 0 aromatic carbocycles. The lowest BCUT2D eigenvalue weighted by Gasteiger charge is -2.31. The number of hydrogen-bond acceptors (Lipinski definition) is 5. The number of pyridine rings is 1. The van der Waals surface area contributed by atoms with Crippen molar-refractivity contribution in [3.05, 3.63) is 24.0 Å². The molecule has 1 saturated heterocycles. The highest BCUT2D eigenvalue weighted by Crippen LogP contribution is 2.37. The lowest BCUT2D eigenvalue weighted by atomic mass is 9.79. The van der Waals surface area contributed by atoms with Gasteiger partial charge in [-0.3, -0.25) is 9.78 Å². The van der Waals surface area contributed by atoms with Crippen LogP contribution in [-0.2, 0) is 0 Å². The van der Waals surface area contributed by atoms with Crippen LogP contribution in [0.25, 0.3) is 0 Å². The van der Waals surface area contributed by atoms with Crippen LogP contribution in [0.1, 0.15) is 23.3 Å². The number of ether oxygens (including phenoxy) is 1. The summed E-state index contributed by atoms with van der Waals surface area (Å²) in [6, 6.07) is 3.33. The molecule has 1 amide bonds. The van der Waals surface area contributed by atoms with E-state index in [4.69, 9.17) is 4.74 Å². The molecule has 1 aliphatic heterocycles. The predicted octanol–water partition coefficient (Wildman–Crippen LogP) is 0.294. The van der Waals surface area contributed by atoms with Crippen LogP contribution in [0.3, 0.4) is 0 Å². The first-order chi connectivity index (χ1) is 10.1. The SMILES string of the molecule is COc1ccnc(C(=O)N2C[C@H]3C[C@H](O)[C@@H](O)C[C@H]3C2)c1. The van der Waals surface area contributed by atoms with E-state index in [1.165, 1.54) is 0 Å². The second-order valence-electron chi connectivity index (χ2n) is 5.92. The third-order valence-corrected chi connectivity index (χ3v) is 4.58. The smallest absolute Gasteiger partial charge is 0.272 e. The number of carbonyl (C=O) groups excluding carboxylic acids is 1. The van der Waals surface area contributed by atoms with Gasteiger partial charge in [-0.1, -0.05) is 0 Å². The van der Waals surface area contributed by atoms with Crippen LogP contribution in [0.15, 0.2) is 18.3 Å². The average Bonchev–Trinajstić information content (AvgIpc) is 2.89. The Morgan fingerprint density at radius 2 is 1.90 bits per heavy atom. The van der Waals surface area contributed by atoms with Crippen LogP contribution in [0, 0.1) is 11.8 Å². The van der Waals surface area contributed by atoms with Crippen LogP contribution >= 0.6 is 0 Å². The maximum Gasteiger partial charge on any atom is 0.272 e. The number of aromatic nitrogens is 1. The molecule has 1 aliphatic carbocycles. The summed E-state index contributed by atoms with van der Waals surface area (Å²) in [6.45, 7) is 1.23. The normalized spacial score (nSPS) is 31.9. The van der Waals surface area contributed by atoms with Gasteiger partial charge in [-0.15, -0.1) is 0 Å². The number of aliphatic hydroxyl groups is 2. The molecule has 0 radical (unpaired) electrons. The van der Waals surface area contributed by atoms with Crippen molar-refractivity contribution in [2.24, 2.45) is 11.8 Å². The van der Waals surface area contributed by atoms with Crippen molar-refractivity contribution in [2.75, 3.05) is 20.2 Å². The largest absolute Gasteiger partial charge is 0.497 e. The van der Waals surface area contributed by atoms with Crippen molar-refractivity contribution in [3.8, 4) is 5.75 Å². The topological polar surface area (TPSA) is 82.9 Å². The molecule has 2 fully saturated rings. The van der Waals surface area contributed by atoms with E-state index in [0.717, 1.165) is 0 Å². The highest BCUT2D eigenvalue weighted by atomic mass is 16.5. The van der Waals surface area contributed by atoms with Gasteiger partial charge in [-0.05, 0) is 30.7 Å². The molecule has 1 aromatic heterocycles. The molecule has 3 rings (SSSR count). The summed E-state index contributed by atoms with van der Waals surface area (Å²) in [4.78, 5) is 18.4. The van der Waals surface area contributed by atoms with Gasteiger partial charge >= 0.3 is 0 Å². The number of aliphatic hydroxyl groups excluding tert-OH is 2. The van der Waals surface area contributed by atoms with Crippen molar-refractivity contribution in [1.82, 2.24) is 9.88 Å². The van der Waals surface area contributed by atoms with Crippen molar-refractivity contribution in [3.63, 3.8) is 0 Å². The molecule has 6 heteroatoms. The Labute approximate surface area is 123 Å². The Bertz CT molecular complexity index is 518. The molecule has 0 spiro atoms. The van der Waals surface area contributed by atoms with Crippen LogP contribution in [0.5, 0.6) is 5.75 Å². The molecule has 4 atom stereocenters. The van der Waals surface area contributed by atoms with E-state index in [1.54, 1.807) is 30.3 Å². The van der Waals surface area contributed by atoms with Gasteiger partial charge < -0.3 is 19.8 Å². The fraction of sp³-hybridized carbons (Fsp3) is 0.600. The van der Waals surface area contributed by atoms with Gasteiger partial charge in [0.1, 0.15) is 11.4 Å². The number of nitrogens with zero attached hydrogens (tertiary/aromatic N) is 2. The number of hydrogen-bond donors (Lipinski definition) is 2. The molecule has 21 heavy (non-hydrogen) atoms. The average molecular weight is 292 g/mol. The lowest BCUT2D eigenvalue weighted by molar-refractivity contribution is -0.0372. The molecular formula is C15H20N2O4. The zero-order valence-electron chi connectivity index (χ0n) is 12.0. The Balaban J connectivity index is 1.72. The van der Waals surface area contributed by atoms with E-state index in [-0.39, 0.29) is 17.7 Å². The van der Waals surface area contributed by atoms with Gasteiger partial charge in [-0.2, -0.15) is 0 Å². The Morgan fingerprint density at radius 1 is 1.29 bits per heavy atom. The summed E-state index contributed by atoms with van der Waals surface area (Å²) in [6.07, 6.45) is 1.33. The van der Waals surface area contributed by atoms with Crippen molar-refractivity contribution in [1.29, 1.82) is 0 Å². The first-order valence-corrected chi connectivity index (χ1v) is 7.24. The molecule has 6 nitrogen and oxygen atoms in total. The van der Waals surface area contributed by atoms with E-state index < -0.39 is 12.2 Å². The third kappa shape index (κ3) is 2.73. The van der Waals surface area contributed by atoms with E-state index in [9.17, 15) is 15.0 Å². The molecular weight excluding hydrogens is 272 g/mol. The molecule has 2 N–H and O–H groups in total. The zero-order chi connectivity index (χ0) is 15.0. The van der Waals surface area contributed by atoms with Crippen LogP contribution in [-0.4, -0.2) is 58.4 Å². The number of likely N-dealkylation sites (tertiary alicyclic amines) is 1. The van der Waals surface area contributed by atoms with E-state index in [2.05, 4.69) is 4.98 Å². The Morgan fingerprint density at radius 3 is 2.48 bits per heavy atom. The number of amides is 1. The quantitative estimate of drug-likeness (QED) is 0.819. The number of rotatable bonds is 2. The minimum atomic E-state index is -0.670. The fourth-order valence-electron chi connectivity index (χ4n) is 3.39. The van der Waals surface area contributed by atoms with Crippen LogP contribution < -0.4 is 4.74 Å². The molecule has 1 aromatic rings. The summed E-state index contributed by atoms with van der Waals surface area (Å²) >= 11 is 0. The monoisotopic (exact) mass is 292 g/mol. The summed E-state index contributed by atoms with van der Waals surface area (Å²) in [5.41, 5.74) is 0.370. The van der Waals surface area contributed by atoms with Gasteiger partial charge in [0.25, 0.3) is 5.91 Å². The third-order valence-electron chi connectivity index (χ3n) is 4.58. The van der Waals surface area contributed by atoms with Crippen molar-refractivity contribution in [2.45, 2.75) is 25.0 Å². The first-order valence-electron chi connectivity index (χ1n) is 7.24. The number of carbonyl (C=O) groups is 1. The Hall–Kier alpha value is -1.66. The summed E-state index contributed by atoms with van der Waals surface area (Å²) < 4.78 is 5.11. The van der Waals surface area contributed by atoms with E-state index in [1.807, 2.05) is 0 Å². The minimum absolute atomic E-state index is 0.118. The first kappa shape index (κ1) is 14.3. The fourth-order valence-corrected chi connectivity index (χ4v) is 3.39. The highest BCUT2D eigenvalue weighted by molar-refractivity contribution is 5.92. The van der Waals surface area contributed by atoms with Crippen molar-refractivity contribution >= 4 is 5.91 Å².